The van der Waals surface area contributed by atoms with E-state index in [1.165, 1.54) is 6.33 Å². The molecule has 0 spiro atoms. The Kier molecular flexibility index (Phi) is 4.87. The minimum absolute atomic E-state index is 0.299. The van der Waals surface area contributed by atoms with E-state index in [9.17, 15) is 4.79 Å². The van der Waals surface area contributed by atoms with Crippen molar-refractivity contribution in [3.05, 3.63) is 18.1 Å². The van der Waals surface area contributed by atoms with Gasteiger partial charge in [-0.15, -0.1) is 0 Å². The van der Waals surface area contributed by atoms with Crippen molar-refractivity contribution in [3.8, 4) is 0 Å². The van der Waals surface area contributed by atoms with E-state index in [2.05, 4.69) is 15.3 Å². The molecule has 0 aliphatic carbocycles. The molecule has 5 nitrogen and oxygen atoms in total. The highest BCUT2D eigenvalue weighted by Crippen LogP contribution is 2.15. The summed E-state index contributed by atoms with van der Waals surface area (Å²) in [7, 11) is 0. The number of carboxylic acid groups (broad SMARTS) is 1. The summed E-state index contributed by atoms with van der Waals surface area (Å²) in [4.78, 5) is 19.2. The zero-order chi connectivity index (χ0) is 12.8. The third-order valence-corrected chi connectivity index (χ3v) is 2.48. The van der Waals surface area contributed by atoms with Gasteiger partial charge in [-0.05, 0) is 12.3 Å². The number of aromatic nitrogens is 2. The average molecular weight is 237 g/mol. The molecule has 0 radical (unpaired) electrons. The van der Waals surface area contributed by atoms with E-state index >= 15 is 0 Å². The molecule has 0 aliphatic heterocycles. The van der Waals surface area contributed by atoms with Crippen molar-refractivity contribution in [2.24, 2.45) is 0 Å². The Labute approximate surface area is 101 Å². The second kappa shape index (κ2) is 6.18. The number of hydrogen-bond acceptors (Lipinski definition) is 4. The van der Waals surface area contributed by atoms with Crippen LogP contribution in [0.5, 0.6) is 0 Å². The SMILES string of the molecule is CCCC(Nc1cc(C(C)C)ncn1)C(=O)O. The quantitative estimate of drug-likeness (QED) is 0.793. The third-order valence-electron chi connectivity index (χ3n) is 2.48. The molecular weight excluding hydrogens is 218 g/mol. The molecule has 0 saturated carbocycles. The summed E-state index contributed by atoms with van der Waals surface area (Å²) in [6, 6.07) is 1.21. The predicted octanol–water partition coefficient (Wildman–Crippen LogP) is 2.27. The van der Waals surface area contributed by atoms with Crippen LogP contribution in [0.25, 0.3) is 0 Å². The number of rotatable bonds is 6. The summed E-state index contributed by atoms with van der Waals surface area (Å²) in [5, 5.41) is 12.0. The molecule has 0 fully saturated rings. The molecule has 0 bridgehead atoms. The summed E-state index contributed by atoms with van der Waals surface area (Å²) < 4.78 is 0. The van der Waals surface area contributed by atoms with Gasteiger partial charge in [-0.25, -0.2) is 14.8 Å². The molecule has 0 aromatic carbocycles. The number of aliphatic carboxylic acids is 1. The Balaban J connectivity index is 2.78. The van der Waals surface area contributed by atoms with E-state index in [-0.39, 0.29) is 0 Å². The van der Waals surface area contributed by atoms with Crippen LogP contribution in [0, 0.1) is 0 Å². The van der Waals surface area contributed by atoms with Crippen molar-refractivity contribution >= 4 is 11.8 Å². The summed E-state index contributed by atoms with van der Waals surface area (Å²) in [6.45, 7) is 6.02. The zero-order valence-corrected chi connectivity index (χ0v) is 10.5. The van der Waals surface area contributed by atoms with Gasteiger partial charge in [0.1, 0.15) is 18.2 Å². The standard InChI is InChI=1S/C12H19N3O2/c1-4-5-9(12(16)17)15-11-6-10(8(2)3)13-7-14-11/h6-9H,4-5H2,1-3H3,(H,16,17)(H,13,14,15). The molecule has 0 amide bonds. The third kappa shape index (κ3) is 4.01. The van der Waals surface area contributed by atoms with Crippen LogP contribution in [-0.4, -0.2) is 27.1 Å². The normalized spacial score (nSPS) is 12.5. The van der Waals surface area contributed by atoms with Crippen LogP contribution in [-0.2, 0) is 4.79 Å². The maximum atomic E-state index is 11.0. The van der Waals surface area contributed by atoms with Gasteiger partial charge in [0.15, 0.2) is 0 Å². The van der Waals surface area contributed by atoms with E-state index in [1.54, 1.807) is 6.07 Å². The van der Waals surface area contributed by atoms with Crippen LogP contribution in [0.15, 0.2) is 12.4 Å². The number of nitrogens with one attached hydrogen (secondary N) is 1. The summed E-state index contributed by atoms with van der Waals surface area (Å²) in [5.74, 6) is 0.0223. The Morgan fingerprint density at radius 3 is 2.71 bits per heavy atom. The molecule has 5 heteroatoms. The Morgan fingerprint density at radius 2 is 2.18 bits per heavy atom. The smallest absolute Gasteiger partial charge is 0.326 e. The molecule has 0 aliphatic rings. The molecule has 1 aromatic rings. The molecule has 1 unspecified atom stereocenters. The van der Waals surface area contributed by atoms with Gasteiger partial charge < -0.3 is 10.4 Å². The number of hydrogen-bond donors (Lipinski definition) is 2. The van der Waals surface area contributed by atoms with E-state index in [1.807, 2.05) is 20.8 Å². The lowest BCUT2D eigenvalue weighted by Crippen LogP contribution is -2.29. The maximum Gasteiger partial charge on any atom is 0.326 e. The van der Waals surface area contributed by atoms with Gasteiger partial charge >= 0.3 is 5.97 Å². The Morgan fingerprint density at radius 1 is 1.47 bits per heavy atom. The molecule has 94 valence electrons. The van der Waals surface area contributed by atoms with Crippen LogP contribution in [0.3, 0.4) is 0 Å². The first-order chi connectivity index (χ1) is 8.04. The number of carboxylic acids is 1. The fraction of sp³-hybridized carbons (Fsp3) is 0.583. The molecule has 1 aromatic heterocycles. The van der Waals surface area contributed by atoms with Gasteiger partial charge in [0, 0.05) is 11.8 Å². The van der Waals surface area contributed by atoms with Crippen LogP contribution >= 0.6 is 0 Å². The van der Waals surface area contributed by atoms with Crippen molar-refractivity contribution in [2.75, 3.05) is 5.32 Å². The lowest BCUT2D eigenvalue weighted by molar-refractivity contribution is -0.138. The molecule has 1 rings (SSSR count). The molecule has 1 atom stereocenters. The van der Waals surface area contributed by atoms with Gasteiger partial charge in [0.05, 0.1) is 0 Å². The summed E-state index contributed by atoms with van der Waals surface area (Å²) in [5.41, 5.74) is 0.906. The van der Waals surface area contributed by atoms with Gasteiger partial charge in [-0.3, -0.25) is 0 Å². The highest BCUT2D eigenvalue weighted by Gasteiger charge is 2.16. The molecule has 17 heavy (non-hydrogen) atoms. The monoisotopic (exact) mass is 237 g/mol. The molecule has 1 heterocycles. The van der Waals surface area contributed by atoms with Crippen molar-refractivity contribution < 1.29 is 9.90 Å². The highest BCUT2D eigenvalue weighted by atomic mass is 16.4. The fourth-order valence-electron chi connectivity index (χ4n) is 1.49. The van der Waals surface area contributed by atoms with E-state index < -0.39 is 12.0 Å². The van der Waals surface area contributed by atoms with E-state index in [0.717, 1.165) is 12.1 Å². The summed E-state index contributed by atoms with van der Waals surface area (Å²) in [6.07, 6.45) is 2.85. The maximum absolute atomic E-state index is 11.0. The van der Waals surface area contributed by atoms with Crippen LogP contribution in [0.4, 0.5) is 5.82 Å². The second-order valence-corrected chi connectivity index (χ2v) is 4.31. The van der Waals surface area contributed by atoms with Crippen LogP contribution < -0.4 is 5.32 Å². The van der Waals surface area contributed by atoms with E-state index in [4.69, 9.17) is 5.11 Å². The lowest BCUT2D eigenvalue weighted by atomic mass is 10.1. The average Bonchev–Trinajstić information content (AvgIpc) is 2.28. The van der Waals surface area contributed by atoms with Crippen molar-refractivity contribution in [2.45, 2.75) is 45.6 Å². The van der Waals surface area contributed by atoms with Crippen LogP contribution in [0.2, 0.25) is 0 Å². The van der Waals surface area contributed by atoms with Crippen LogP contribution in [0.1, 0.15) is 45.2 Å². The van der Waals surface area contributed by atoms with Gasteiger partial charge in [0.2, 0.25) is 0 Å². The number of nitrogens with zero attached hydrogens (tertiary/aromatic N) is 2. The van der Waals surface area contributed by atoms with Gasteiger partial charge in [-0.2, -0.15) is 0 Å². The van der Waals surface area contributed by atoms with Crippen molar-refractivity contribution in [1.29, 1.82) is 0 Å². The number of carbonyl (C=O) groups is 1. The largest absolute Gasteiger partial charge is 0.480 e. The molecule has 2 N–H and O–H groups in total. The van der Waals surface area contributed by atoms with Crippen molar-refractivity contribution in [3.63, 3.8) is 0 Å². The Bertz CT molecular complexity index is 380. The van der Waals surface area contributed by atoms with Crippen molar-refractivity contribution in [1.82, 2.24) is 9.97 Å². The Hall–Kier alpha value is -1.65. The highest BCUT2D eigenvalue weighted by molar-refractivity contribution is 5.76. The predicted molar refractivity (Wildman–Crippen MR) is 66.1 cm³/mol. The first kappa shape index (κ1) is 13.4. The van der Waals surface area contributed by atoms with Gasteiger partial charge in [0.25, 0.3) is 0 Å². The first-order valence-electron chi connectivity index (χ1n) is 5.85. The topological polar surface area (TPSA) is 75.1 Å². The molecular formula is C12H19N3O2. The van der Waals surface area contributed by atoms with Gasteiger partial charge in [-0.1, -0.05) is 27.2 Å². The lowest BCUT2D eigenvalue weighted by Gasteiger charge is -2.14. The minimum Gasteiger partial charge on any atom is -0.480 e. The number of anilines is 1. The second-order valence-electron chi connectivity index (χ2n) is 4.31. The first-order valence-corrected chi connectivity index (χ1v) is 5.85. The fourth-order valence-corrected chi connectivity index (χ4v) is 1.49. The summed E-state index contributed by atoms with van der Waals surface area (Å²) >= 11 is 0. The zero-order valence-electron chi connectivity index (χ0n) is 10.5. The molecule has 0 saturated heterocycles. The van der Waals surface area contributed by atoms with E-state index in [0.29, 0.717) is 18.2 Å². The minimum atomic E-state index is -0.850.